The number of carbonyl (C=O) groups excluding carboxylic acids is 1. The number of hydrogen-bond acceptors (Lipinski definition) is 3. The van der Waals surface area contributed by atoms with Crippen molar-refractivity contribution in [2.45, 2.75) is 43.4 Å². The summed E-state index contributed by atoms with van der Waals surface area (Å²) in [5.41, 5.74) is 0.954. The number of amides is 1. The summed E-state index contributed by atoms with van der Waals surface area (Å²) in [6, 6.07) is 10.3. The molecule has 0 saturated heterocycles. The van der Waals surface area contributed by atoms with E-state index in [1.807, 2.05) is 6.92 Å². The molecule has 0 radical (unpaired) electrons. The first-order chi connectivity index (χ1) is 13.3. The fourth-order valence-electron chi connectivity index (χ4n) is 2.69. The highest BCUT2D eigenvalue weighted by molar-refractivity contribution is 7.91. The summed E-state index contributed by atoms with van der Waals surface area (Å²) in [7, 11) is -4.70. The number of halogens is 3. The number of carbonyl (C=O) groups is 1. The van der Waals surface area contributed by atoms with Gasteiger partial charge in [-0.05, 0) is 48.4 Å². The molecule has 0 aliphatic rings. The predicted octanol–water partition coefficient (Wildman–Crippen LogP) is 4.65. The van der Waals surface area contributed by atoms with Crippen molar-refractivity contribution in [1.29, 1.82) is 0 Å². The number of unbranched alkanes of at least 4 members (excludes halogenated alkanes) is 2. The van der Waals surface area contributed by atoms with E-state index in [9.17, 15) is 26.4 Å². The summed E-state index contributed by atoms with van der Waals surface area (Å²) in [6.07, 6.45) is 2.68. The van der Waals surface area contributed by atoms with Crippen molar-refractivity contribution in [3.8, 4) is 0 Å². The predicted molar refractivity (Wildman–Crippen MR) is 100 cm³/mol. The molecule has 0 aliphatic carbocycles. The highest BCUT2D eigenvalue weighted by Gasteiger charge is 2.27. The van der Waals surface area contributed by atoms with Crippen LogP contribution in [0.4, 0.5) is 13.2 Å². The van der Waals surface area contributed by atoms with E-state index < -0.39 is 20.5 Å². The zero-order chi connectivity index (χ0) is 20.7. The second-order valence-corrected chi connectivity index (χ2v) is 8.31. The normalized spacial score (nSPS) is 11.6. The van der Waals surface area contributed by atoms with Gasteiger partial charge in [-0.15, -0.1) is 0 Å². The van der Waals surface area contributed by atoms with Crippen LogP contribution in [0.5, 0.6) is 0 Å². The molecule has 0 aromatic heterocycles. The van der Waals surface area contributed by atoms with Crippen molar-refractivity contribution >= 4 is 15.7 Å². The van der Waals surface area contributed by atoms with Crippen molar-refractivity contribution in [3.05, 3.63) is 65.5 Å². The van der Waals surface area contributed by atoms with Gasteiger partial charge in [-0.1, -0.05) is 31.9 Å². The van der Waals surface area contributed by atoms with Gasteiger partial charge < -0.3 is 4.90 Å². The number of alkyl halides is 2. The molecular formula is C20H22F3NO3S. The SMILES string of the molecule is CCCCCN(Cc1ccc(F)cc1)C(=O)c1ccc(S(=O)(=O)C(F)F)cc1. The molecule has 2 aromatic rings. The highest BCUT2D eigenvalue weighted by Crippen LogP contribution is 2.20. The molecule has 28 heavy (non-hydrogen) atoms. The summed E-state index contributed by atoms with van der Waals surface area (Å²) in [5.74, 6) is -4.23. The Balaban J connectivity index is 2.21. The van der Waals surface area contributed by atoms with Crippen LogP contribution in [0.2, 0.25) is 0 Å². The Kier molecular flexibility index (Phi) is 7.62. The topological polar surface area (TPSA) is 54.5 Å². The minimum Gasteiger partial charge on any atom is -0.334 e. The second kappa shape index (κ2) is 9.73. The van der Waals surface area contributed by atoms with Gasteiger partial charge in [0.05, 0.1) is 4.90 Å². The zero-order valence-corrected chi connectivity index (χ0v) is 16.3. The van der Waals surface area contributed by atoms with Crippen LogP contribution in [0.3, 0.4) is 0 Å². The lowest BCUT2D eigenvalue weighted by Crippen LogP contribution is -2.31. The maximum Gasteiger partial charge on any atom is 0.341 e. The van der Waals surface area contributed by atoms with E-state index in [0.29, 0.717) is 6.54 Å². The number of nitrogens with zero attached hydrogens (tertiary/aromatic N) is 1. The first kappa shape index (κ1) is 21.9. The quantitative estimate of drug-likeness (QED) is 0.562. The van der Waals surface area contributed by atoms with Crippen LogP contribution in [0, 0.1) is 5.82 Å². The van der Waals surface area contributed by atoms with Gasteiger partial charge in [0, 0.05) is 18.7 Å². The molecular weight excluding hydrogens is 391 g/mol. The number of benzene rings is 2. The van der Waals surface area contributed by atoms with E-state index in [0.717, 1.165) is 37.0 Å². The van der Waals surface area contributed by atoms with Gasteiger partial charge in [0.25, 0.3) is 5.91 Å². The average molecular weight is 413 g/mol. The van der Waals surface area contributed by atoms with Crippen molar-refractivity contribution in [1.82, 2.24) is 4.90 Å². The molecule has 1 amide bonds. The lowest BCUT2D eigenvalue weighted by Gasteiger charge is -2.23. The standard InChI is InChI=1S/C20H22F3NO3S/c1-2-3-4-13-24(14-15-5-9-17(21)10-6-15)19(25)16-7-11-18(12-8-16)28(26,27)20(22)23/h5-12,20H,2-4,13-14H2,1H3. The third kappa shape index (κ3) is 5.58. The van der Waals surface area contributed by atoms with Gasteiger partial charge in [-0.3, -0.25) is 4.79 Å². The lowest BCUT2D eigenvalue weighted by molar-refractivity contribution is 0.0740. The first-order valence-corrected chi connectivity index (χ1v) is 10.5. The van der Waals surface area contributed by atoms with E-state index in [4.69, 9.17) is 0 Å². The summed E-state index contributed by atoms with van der Waals surface area (Å²) >= 11 is 0. The van der Waals surface area contributed by atoms with Crippen LogP contribution in [0.25, 0.3) is 0 Å². The highest BCUT2D eigenvalue weighted by atomic mass is 32.2. The third-order valence-corrected chi connectivity index (χ3v) is 5.67. The van der Waals surface area contributed by atoms with E-state index in [-0.39, 0.29) is 23.8 Å². The summed E-state index contributed by atoms with van der Waals surface area (Å²) < 4.78 is 61.4. The van der Waals surface area contributed by atoms with Crippen LogP contribution >= 0.6 is 0 Å². The Morgan fingerprint density at radius 2 is 1.61 bits per heavy atom. The van der Waals surface area contributed by atoms with Gasteiger partial charge in [0.1, 0.15) is 5.82 Å². The Morgan fingerprint density at radius 1 is 1.00 bits per heavy atom. The van der Waals surface area contributed by atoms with Crippen LogP contribution in [-0.2, 0) is 16.4 Å². The van der Waals surface area contributed by atoms with Crippen molar-refractivity contribution in [2.24, 2.45) is 0 Å². The Bertz CT molecular complexity index is 882. The van der Waals surface area contributed by atoms with Crippen LogP contribution < -0.4 is 0 Å². The van der Waals surface area contributed by atoms with Gasteiger partial charge in [0.2, 0.25) is 9.84 Å². The molecule has 0 heterocycles. The molecule has 8 heteroatoms. The fraction of sp³-hybridized carbons (Fsp3) is 0.350. The van der Waals surface area contributed by atoms with Crippen LogP contribution in [0.1, 0.15) is 42.1 Å². The molecule has 152 valence electrons. The number of rotatable bonds is 9. The molecule has 0 unspecified atom stereocenters. The van der Waals surface area contributed by atoms with E-state index in [1.54, 1.807) is 17.0 Å². The number of hydrogen-bond donors (Lipinski definition) is 0. The molecule has 0 aliphatic heterocycles. The maximum absolute atomic E-state index is 13.1. The van der Waals surface area contributed by atoms with Crippen molar-refractivity contribution in [2.75, 3.05) is 6.54 Å². The van der Waals surface area contributed by atoms with Gasteiger partial charge in [-0.2, -0.15) is 8.78 Å². The Hall–Kier alpha value is -2.35. The van der Waals surface area contributed by atoms with E-state index >= 15 is 0 Å². The van der Waals surface area contributed by atoms with E-state index in [2.05, 4.69) is 0 Å². The number of sulfone groups is 1. The van der Waals surface area contributed by atoms with Gasteiger partial charge >= 0.3 is 5.76 Å². The van der Waals surface area contributed by atoms with Crippen molar-refractivity contribution < 1.29 is 26.4 Å². The monoisotopic (exact) mass is 413 g/mol. The molecule has 2 aromatic carbocycles. The largest absolute Gasteiger partial charge is 0.341 e. The average Bonchev–Trinajstić information content (AvgIpc) is 2.68. The molecule has 0 spiro atoms. The summed E-state index contributed by atoms with van der Waals surface area (Å²) in [5, 5.41) is 0. The van der Waals surface area contributed by atoms with E-state index in [1.165, 1.54) is 24.3 Å². The van der Waals surface area contributed by atoms with Crippen molar-refractivity contribution in [3.63, 3.8) is 0 Å². The molecule has 0 bridgehead atoms. The fourth-order valence-corrected chi connectivity index (χ4v) is 3.41. The molecule has 0 atom stereocenters. The molecule has 0 N–H and O–H groups in total. The van der Waals surface area contributed by atoms with Crippen LogP contribution in [0.15, 0.2) is 53.4 Å². The second-order valence-electron chi connectivity index (χ2n) is 6.39. The lowest BCUT2D eigenvalue weighted by atomic mass is 10.1. The Morgan fingerprint density at radius 3 is 2.14 bits per heavy atom. The zero-order valence-electron chi connectivity index (χ0n) is 15.4. The van der Waals surface area contributed by atoms with Crippen LogP contribution in [-0.4, -0.2) is 31.5 Å². The summed E-state index contributed by atoms with van der Waals surface area (Å²) in [6.45, 7) is 2.77. The molecule has 2 rings (SSSR count). The minimum atomic E-state index is -4.70. The van der Waals surface area contributed by atoms with Gasteiger partial charge in [-0.25, -0.2) is 12.8 Å². The Labute approximate surface area is 162 Å². The molecule has 0 fully saturated rings. The van der Waals surface area contributed by atoms with Gasteiger partial charge in [0.15, 0.2) is 0 Å². The molecule has 0 saturated carbocycles. The minimum absolute atomic E-state index is 0.201. The first-order valence-electron chi connectivity index (χ1n) is 8.91. The maximum atomic E-state index is 13.1. The third-order valence-electron chi connectivity index (χ3n) is 4.27. The summed E-state index contributed by atoms with van der Waals surface area (Å²) in [4.78, 5) is 13.9. The smallest absolute Gasteiger partial charge is 0.334 e. The molecule has 4 nitrogen and oxygen atoms in total.